The first-order valence-corrected chi connectivity index (χ1v) is 8.67. The molecule has 1 aliphatic rings. The van der Waals surface area contributed by atoms with Crippen molar-refractivity contribution in [1.29, 1.82) is 0 Å². The van der Waals surface area contributed by atoms with E-state index in [9.17, 15) is 0 Å². The fraction of sp³-hybridized carbons (Fsp3) is 0.562. The van der Waals surface area contributed by atoms with Crippen LogP contribution in [0.5, 0.6) is 0 Å². The minimum absolute atomic E-state index is 0.441. The van der Waals surface area contributed by atoms with Gasteiger partial charge in [0.2, 0.25) is 0 Å². The van der Waals surface area contributed by atoms with Gasteiger partial charge in [-0.3, -0.25) is 0 Å². The van der Waals surface area contributed by atoms with Crippen molar-refractivity contribution >= 4 is 38.8 Å². The van der Waals surface area contributed by atoms with Crippen LogP contribution in [0.1, 0.15) is 51.0 Å². The molecule has 4 heteroatoms. The van der Waals surface area contributed by atoms with Crippen LogP contribution in [0.4, 0.5) is 5.69 Å². The van der Waals surface area contributed by atoms with Crippen molar-refractivity contribution in [2.75, 3.05) is 5.32 Å². The van der Waals surface area contributed by atoms with Crippen molar-refractivity contribution in [3.8, 4) is 0 Å². The molecule has 1 saturated carbocycles. The summed E-state index contributed by atoms with van der Waals surface area (Å²) in [4.78, 5) is 0.441. The lowest BCUT2D eigenvalue weighted by Crippen LogP contribution is -2.30. The van der Waals surface area contributed by atoms with Crippen molar-refractivity contribution < 1.29 is 0 Å². The van der Waals surface area contributed by atoms with Crippen molar-refractivity contribution in [2.24, 2.45) is 11.7 Å². The van der Waals surface area contributed by atoms with Gasteiger partial charge in [0.15, 0.2) is 0 Å². The molecular formula is C16H23BrN2S. The first kappa shape index (κ1) is 15.8. The van der Waals surface area contributed by atoms with E-state index in [1.54, 1.807) is 0 Å². The number of benzene rings is 1. The monoisotopic (exact) mass is 354 g/mol. The second-order valence-corrected chi connectivity index (χ2v) is 6.91. The Labute approximate surface area is 135 Å². The highest BCUT2D eigenvalue weighted by molar-refractivity contribution is 9.10. The van der Waals surface area contributed by atoms with E-state index < -0.39 is 0 Å². The summed E-state index contributed by atoms with van der Waals surface area (Å²) in [6, 6.07) is 6.62. The van der Waals surface area contributed by atoms with Crippen molar-refractivity contribution in [2.45, 2.75) is 51.5 Å². The predicted molar refractivity (Wildman–Crippen MR) is 94.3 cm³/mol. The molecule has 3 N–H and O–H groups in total. The molecule has 110 valence electrons. The van der Waals surface area contributed by atoms with Gasteiger partial charge in [0.05, 0.1) is 0 Å². The number of hydrogen-bond acceptors (Lipinski definition) is 2. The summed E-state index contributed by atoms with van der Waals surface area (Å²) < 4.78 is 1.04. The molecule has 0 aliphatic heterocycles. The Bertz CT molecular complexity index is 470. The maximum atomic E-state index is 5.67. The number of anilines is 1. The molecule has 0 amide bonds. The zero-order valence-electron chi connectivity index (χ0n) is 12.0. The lowest BCUT2D eigenvalue weighted by atomic mass is 9.83. The third-order valence-electron chi connectivity index (χ3n) is 4.25. The van der Waals surface area contributed by atoms with Gasteiger partial charge in [0, 0.05) is 21.8 Å². The van der Waals surface area contributed by atoms with Crippen LogP contribution in [-0.2, 0) is 0 Å². The van der Waals surface area contributed by atoms with E-state index in [1.807, 2.05) is 12.1 Å². The minimum atomic E-state index is 0.441. The average Bonchev–Trinajstić information content (AvgIpc) is 2.46. The lowest BCUT2D eigenvalue weighted by Gasteiger charge is -2.31. The molecule has 0 aromatic heterocycles. The highest BCUT2D eigenvalue weighted by Crippen LogP contribution is 2.32. The zero-order chi connectivity index (χ0) is 14.5. The first-order chi connectivity index (χ1) is 9.61. The Morgan fingerprint density at radius 1 is 1.40 bits per heavy atom. The van der Waals surface area contributed by atoms with Crippen LogP contribution in [0.15, 0.2) is 22.7 Å². The molecule has 1 aliphatic carbocycles. The molecule has 1 fully saturated rings. The van der Waals surface area contributed by atoms with Crippen molar-refractivity contribution in [3.05, 3.63) is 28.2 Å². The van der Waals surface area contributed by atoms with E-state index in [4.69, 9.17) is 18.0 Å². The highest BCUT2D eigenvalue weighted by atomic mass is 79.9. The predicted octanol–water partition coefficient (Wildman–Crippen LogP) is 4.85. The van der Waals surface area contributed by atoms with Crippen LogP contribution in [0.2, 0.25) is 0 Å². The SMILES string of the molecule is CCC(Nc1ccc(C(N)=S)cc1Br)C1CCCCC1. The van der Waals surface area contributed by atoms with Gasteiger partial charge in [0.1, 0.15) is 4.99 Å². The van der Waals surface area contributed by atoms with Gasteiger partial charge >= 0.3 is 0 Å². The van der Waals surface area contributed by atoms with Gasteiger partial charge in [-0.1, -0.05) is 38.4 Å². The van der Waals surface area contributed by atoms with Crippen LogP contribution >= 0.6 is 28.1 Å². The molecule has 0 radical (unpaired) electrons. The number of hydrogen-bond donors (Lipinski definition) is 2. The smallest absolute Gasteiger partial charge is 0.104 e. The molecule has 0 bridgehead atoms. The summed E-state index contributed by atoms with van der Waals surface area (Å²) >= 11 is 8.63. The largest absolute Gasteiger partial charge is 0.389 e. The van der Waals surface area contributed by atoms with Crippen molar-refractivity contribution in [3.63, 3.8) is 0 Å². The van der Waals surface area contributed by atoms with Crippen molar-refractivity contribution in [1.82, 2.24) is 0 Å². The molecule has 0 saturated heterocycles. The number of halogens is 1. The van der Waals surface area contributed by atoms with Gasteiger partial charge in [-0.15, -0.1) is 0 Å². The van der Waals surface area contributed by atoms with Crippen LogP contribution in [0.25, 0.3) is 0 Å². The van der Waals surface area contributed by atoms with E-state index in [0.717, 1.165) is 28.1 Å². The summed E-state index contributed by atoms with van der Waals surface area (Å²) in [5.41, 5.74) is 7.71. The van der Waals surface area contributed by atoms with E-state index in [-0.39, 0.29) is 0 Å². The molecule has 1 aromatic rings. The number of nitrogens with one attached hydrogen (secondary N) is 1. The summed E-state index contributed by atoms with van der Waals surface area (Å²) in [5, 5.41) is 3.70. The molecule has 1 unspecified atom stereocenters. The van der Waals surface area contributed by atoms with Gasteiger partial charge in [0.25, 0.3) is 0 Å². The molecular weight excluding hydrogens is 332 g/mol. The van der Waals surface area contributed by atoms with E-state index in [2.05, 4.69) is 34.2 Å². The summed E-state index contributed by atoms with van der Waals surface area (Å²) in [5.74, 6) is 0.802. The average molecular weight is 355 g/mol. The lowest BCUT2D eigenvalue weighted by molar-refractivity contribution is 0.313. The van der Waals surface area contributed by atoms with E-state index in [0.29, 0.717) is 11.0 Å². The summed E-state index contributed by atoms with van der Waals surface area (Å²) in [7, 11) is 0. The Kier molecular flexibility index (Phi) is 5.85. The molecule has 2 nitrogen and oxygen atoms in total. The summed E-state index contributed by atoms with van der Waals surface area (Å²) in [6.07, 6.45) is 8.03. The Morgan fingerprint density at radius 2 is 2.10 bits per heavy atom. The Hall–Kier alpha value is -0.610. The van der Waals surface area contributed by atoms with Crippen LogP contribution in [-0.4, -0.2) is 11.0 Å². The number of rotatable bonds is 5. The molecule has 1 aromatic carbocycles. The second-order valence-electron chi connectivity index (χ2n) is 5.62. The maximum Gasteiger partial charge on any atom is 0.104 e. The number of thiocarbonyl (C=S) groups is 1. The fourth-order valence-electron chi connectivity index (χ4n) is 3.07. The third-order valence-corrected chi connectivity index (χ3v) is 5.14. The quantitative estimate of drug-likeness (QED) is 0.741. The van der Waals surface area contributed by atoms with Crippen LogP contribution in [0, 0.1) is 5.92 Å². The maximum absolute atomic E-state index is 5.67. The molecule has 1 atom stereocenters. The number of nitrogens with two attached hydrogens (primary N) is 1. The standard InChI is InChI=1S/C16H23BrN2S/c1-2-14(11-6-4-3-5-7-11)19-15-9-8-12(16(18)20)10-13(15)17/h8-11,14,19H,2-7H2,1H3,(H2,18,20). The normalized spacial score (nSPS) is 17.7. The molecule has 0 heterocycles. The minimum Gasteiger partial charge on any atom is -0.389 e. The zero-order valence-corrected chi connectivity index (χ0v) is 14.4. The Balaban J connectivity index is 2.08. The Morgan fingerprint density at radius 3 is 2.65 bits per heavy atom. The summed E-state index contributed by atoms with van der Waals surface area (Å²) in [6.45, 7) is 2.27. The molecule has 0 spiro atoms. The van der Waals surface area contributed by atoms with Gasteiger partial charge in [-0.05, 0) is 59.3 Å². The molecule has 20 heavy (non-hydrogen) atoms. The molecule has 2 rings (SSSR count). The first-order valence-electron chi connectivity index (χ1n) is 7.47. The highest BCUT2D eigenvalue weighted by Gasteiger charge is 2.22. The second kappa shape index (κ2) is 7.41. The van der Waals surface area contributed by atoms with Gasteiger partial charge in [-0.2, -0.15) is 0 Å². The van der Waals surface area contributed by atoms with E-state index in [1.165, 1.54) is 32.1 Å². The topological polar surface area (TPSA) is 38.0 Å². The van der Waals surface area contributed by atoms with Gasteiger partial charge in [-0.25, -0.2) is 0 Å². The van der Waals surface area contributed by atoms with Crippen LogP contribution < -0.4 is 11.1 Å². The van der Waals surface area contributed by atoms with E-state index >= 15 is 0 Å². The van der Waals surface area contributed by atoms with Crippen LogP contribution in [0.3, 0.4) is 0 Å². The fourth-order valence-corrected chi connectivity index (χ4v) is 3.70. The third kappa shape index (κ3) is 3.95. The van der Waals surface area contributed by atoms with Gasteiger partial charge < -0.3 is 11.1 Å².